The van der Waals surface area contributed by atoms with Gasteiger partial charge in [0.15, 0.2) is 0 Å². The van der Waals surface area contributed by atoms with E-state index >= 15 is 0 Å². The Morgan fingerprint density at radius 2 is 1.55 bits per heavy atom. The van der Waals surface area contributed by atoms with Gasteiger partial charge in [-0.15, -0.1) is 0 Å². The molecule has 1 rings (SSSR count). The van der Waals surface area contributed by atoms with Gasteiger partial charge in [0.2, 0.25) is 0 Å². The molecule has 1 aromatic carbocycles. The topological polar surface area (TPSA) is 35.5 Å². The van der Waals surface area contributed by atoms with Crippen LogP contribution in [0.25, 0.3) is 0 Å². The quantitative estimate of drug-likeness (QED) is 0.617. The monoisotopic (exact) mass is 278 g/mol. The Hall–Kier alpha value is -1.35. The van der Waals surface area contributed by atoms with Crippen molar-refractivity contribution in [1.29, 1.82) is 0 Å². The van der Waals surface area contributed by atoms with Crippen molar-refractivity contribution in [3.8, 4) is 5.75 Å². The summed E-state index contributed by atoms with van der Waals surface area (Å²) in [6.45, 7) is 12.3. The first-order chi connectivity index (χ1) is 9.08. The van der Waals surface area contributed by atoms with E-state index in [0.717, 1.165) is 6.42 Å². The molecule has 3 nitrogen and oxygen atoms in total. The van der Waals surface area contributed by atoms with Crippen LogP contribution in [0.15, 0.2) is 24.3 Å². The predicted molar refractivity (Wildman–Crippen MR) is 80.9 cm³/mol. The Morgan fingerprint density at radius 3 is 2.00 bits per heavy atom. The molecule has 0 heterocycles. The maximum atomic E-state index is 11.8. The van der Waals surface area contributed by atoms with Gasteiger partial charge >= 0.3 is 5.97 Å². The van der Waals surface area contributed by atoms with E-state index < -0.39 is 5.41 Å². The van der Waals surface area contributed by atoms with Crippen LogP contribution in [-0.4, -0.2) is 18.2 Å². The molecule has 0 saturated carbocycles. The molecule has 0 bridgehead atoms. The van der Waals surface area contributed by atoms with Crippen molar-refractivity contribution < 1.29 is 14.3 Å². The second kappa shape index (κ2) is 6.40. The van der Waals surface area contributed by atoms with E-state index in [0.29, 0.717) is 12.4 Å². The molecule has 1 aromatic rings. The van der Waals surface area contributed by atoms with Crippen molar-refractivity contribution in [3.05, 3.63) is 29.8 Å². The number of rotatable bonds is 4. The van der Waals surface area contributed by atoms with Crippen molar-refractivity contribution >= 4 is 5.97 Å². The van der Waals surface area contributed by atoms with Crippen LogP contribution in [-0.2, 0) is 16.0 Å². The molecule has 0 aliphatic heterocycles. The molecule has 0 fully saturated rings. The first-order valence-corrected chi connectivity index (χ1v) is 7.03. The normalized spacial score (nSPS) is 12.3. The van der Waals surface area contributed by atoms with Crippen molar-refractivity contribution in [1.82, 2.24) is 0 Å². The third kappa shape index (κ3) is 6.20. The minimum Gasteiger partial charge on any atom is -0.426 e. The lowest BCUT2D eigenvalue weighted by Crippen LogP contribution is -2.25. The molecular weight excluding hydrogens is 252 g/mol. The Bertz CT molecular complexity index is 433. The Morgan fingerprint density at radius 1 is 1.00 bits per heavy atom. The predicted octanol–water partition coefficient (Wildman–Crippen LogP) is 4.00. The van der Waals surface area contributed by atoms with Gasteiger partial charge in [-0.1, -0.05) is 12.1 Å². The van der Waals surface area contributed by atoms with Gasteiger partial charge in [0.25, 0.3) is 0 Å². The van der Waals surface area contributed by atoms with Gasteiger partial charge in [-0.2, -0.15) is 0 Å². The highest BCUT2D eigenvalue weighted by molar-refractivity contribution is 5.77. The highest BCUT2D eigenvalue weighted by Gasteiger charge is 2.23. The molecule has 0 aliphatic rings. The Kier molecular flexibility index (Phi) is 5.35. The van der Waals surface area contributed by atoms with Crippen molar-refractivity contribution in [2.24, 2.45) is 5.41 Å². The first-order valence-electron chi connectivity index (χ1n) is 7.03. The number of esters is 1. The molecule has 0 spiro atoms. The number of hydrogen-bond acceptors (Lipinski definition) is 3. The first kappa shape index (κ1) is 16.7. The summed E-state index contributed by atoms with van der Waals surface area (Å²) in [6, 6.07) is 7.60. The van der Waals surface area contributed by atoms with E-state index in [4.69, 9.17) is 9.47 Å². The van der Waals surface area contributed by atoms with Crippen LogP contribution < -0.4 is 4.74 Å². The summed E-state index contributed by atoms with van der Waals surface area (Å²) in [5, 5.41) is 0. The van der Waals surface area contributed by atoms with E-state index in [-0.39, 0.29) is 11.6 Å². The fourth-order valence-electron chi connectivity index (χ4n) is 1.46. The zero-order chi connectivity index (χ0) is 15.4. The molecule has 0 aliphatic carbocycles. The van der Waals surface area contributed by atoms with Gasteiger partial charge in [0, 0.05) is 0 Å². The average Bonchev–Trinajstić information content (AvgIpc) is 2.28. The molecule has 0 saturated heterocycles. The zero-order valence-corrected chi connectivity index (χ0v) is 13.4. The third-order valence-corrected chi connectivity index (χ3v) is 2.67. The lowest BCUT2D eigenvalue weighted by atomic mass is 9.97. The molecule has 0 N–H and O–H groups in total. The highest BCUT2D eigenvalue weighted by atomic mass is 16.5. The minimum absolute atomic E-state index is 0.109. The molecule has 0 aromatic heterocycles. The molecular formula is C17H26O3. The van der Waals surface area contributed by atoms with Crippen molar-refractivity contribution in [2.45, 2.75) is 53.6 Å². The van der Waals surface area contributed by atoms with Crippen LogP contribution in [0.3, 0.4) is 0 Å². The Labute approximate surface area is 122 Å². The summed E-state index contributed by atoms with van der Waals surface area (Å²) in [5.41, 5.74) is 0.575. The van der Waals surface area contributed by atoms with E-state index in [1.807, 2.05) is 65.8 Å². The van der Waals surface area contributed by atoms with Gasteiger partial charge < -0.3 is 9.47 Å². The van der Waals surface area contributed by atoms with Crippen LogP contribution in [0.5, 0.6) is 5.75 Å². The number of benzene rings is 1. The second-order valence-corrected chi connectivity index (χ2v) is 6.99. The summed E-state index contributed by atoms with van der Waals surface area (Å²) in [7, 11) is 0. The highest BCUT2D eigenvalue weighted by Crippen LogP contribution is 2.20. The van der Waals surface area contributed by atoms with Gasteiger partial charge in [0.1, 0.15) is 5.75 Å². The summed E-state index contributed by atoms with van der Waals surface area (Å²) in [5.74, 6) is 0.367. The molecule has 3 heteroatoms. The lowest BCUT2D eigenvalue weighted by molar-refractivity contribution is -0.143. The smallest absolute Gasteiger partial charge is 0.316 e. The summed E-state index contributed by atoms with van der Waals surface area (Å²) in [6.07, 6.45) is 0.852. The Balaban J connectivity index is 2.51. The van der Waals surface area contributed by atoms with E-state index in [9.17, 15) is 4.79 Å². The van der Waals surface area contributed by atoms with Crippen LogP contribution in [0.4, 0.5) is 0 Å². The average molecular weight is 278 g/mol. The lowest BCUT2D eigenvalue weighted by Gasteiger charge is -2.19. The van der Waals surface area contributed by atoms with Gasteiger partial charge in [-0.25, -0.2) is 0 Å². The summed E-state index contributed by atoms with van der Waals surface area (Å²) >= 11 is 0. The van der Waals surface area contributed by atoms with E-state index in [1.165, 1.54) is 5.56 Å². The van der Waals surface area contributed by atoms with Crippen molar-refractivity contribution in [3.63, 3.8) is 0 Å². The number of ether oxygens (including phenoxy) is 2. The largest absolute Gasteiger partial charge is 0.426 e. The number of carbonyl (C=O) groups excluding carboxylic acids is 1. The van der Waals surface area contributed by atoms with Crippen LogP contribution >= 0.6 is 0 Å². The second-order valence-electron chi connectivity index (χ2n) is 6.99. The van der Waals surface area contributed by atoms with Crippen LogP contribution in [0.2, 0.25) is 0 Å². The standard InChI is InChI=1S/C17H26O3/c1-16(2,3)15(18)20-14-9-7-13(8-10-14)11-12-19-17(4,5)6/h7-10H,11-12H2,1-6H3. The minimum atomic E-state index is -0.487. The van der Waals surface area contributed by atoms with Gasteiger partial charge in [0.05, 0.1) is 17.6 Å². The van der Waals surface area contributed by atoms with Gasteiger partial charge in [-0.05, 0) is 65.7 Å². The fourth-order valence-corrected chi connectivity index (χ4v) is 1.46. The molecule has 20 heavy (non-hydrogen) atoms. The third-order valence-electron chi connectivity index (χ3n) is 2.67. The van der Waals surface area contributed by atoms with Crippen LogP contribution in [0.1, 0.15) is 47.1 Å². The number of hydrogen-bond donors (Lipinski definition) is 0. The van der Waals surface area contributed by atoms with Gasteiger partial charge in [-0.3, -0.25) is 4.79 Å². The molecule has 0 atom stereocenters. The summed E-state index contributed by atoms with van der Waals surface area (Å²) < 4.78 is 11.0. The van der Waals surface area contributed by atoms with E-state index in [2.05, 4.69) is 0 Å². The molecule has 0 unspecified atom stereocenters. The van der Waals surface area contributed by atoms with E-state index in [1.54, 1.807) is 0 Å². The molecule has 112 valence electrons. The fraction of sp³-hybridized carbons (Fsp3) is 0.588. The SMILES string of the molecule is CC(C)(C)OCCc1ccc(OC(=O)C(C)(C)C)cc1. The maximum Gasteiger partial charge on any atom is 0.316 e. The maximum absolute atomic E-state index is 11.8. The summed E-state index contributed by atoms with van der Waals surface area (Å²) in [4.78, 5) is 11.8. The molecule has 0 amide bonds. The number of carbonyl (C=O) groups is 1. The zero-order valence-electron chi connectivity index (χ0n) is 13.4. The molecule has 0 radical (unpaired) electrons. The van der Waals surface area contributed by atoms with Crippen LogP contribution in [0, 0.1) is 5.41 Å². The van der Waals surface area contributed by atoms with Crippen molar-refractivity contribution in [2.75, 3.05) is 6.61 Å².